The molecule has 0 bridgehead atoms. The van der Waals surface area contributed by atoms with Crippen molar-refractivity contribution in [2.45, 2.75) is 51.2 Å². The number of carbonyl (C=O) groups is 1. The maximum atomic E-state index is 11.0. The van der Waals surface area contributed by atoms with Crippen molar-refractivity contribution in [1.82, 2.24) is 4.98 Å². The van der Waals surface area contributed by atoms with Gasteiger partial charge < -0.3 is 15.2 Å². The van der Waals surface area contributed by atoms with Gasteiger partial charge in [-0.15, -0.1) is 0 Å². The van der Waals surface area contributed by atoms with Crippen molar-refractivity contribution >= 4 is 11.8 Å². The van der Waals surface area contributed by atoms with E-state index >= 15 is 0 Å². The number of nitrogens with zero attached hydrogens (tertiary/aromatic N) is 1. The van der Waals surface area contributed by atoms with E-state index in [4.69, 9.17) is 9.84 Å². The summed E-state index contributed by atoms with van der Waals surface area (Å²) < 4.78 is 5.94. The number of anilines is 1. The fourth-order valence-corrected chi connectivity index (χ4v) is 2.75. The molecule has 2 heterocycles. The van der Waals surface area contributed by atoms with Gasteiger partial charge in [-0.05, 0) is 37.8 Å². The van der Waals surface area contributed by atoms with Crippen LogP contribution in [-0.4, -0.2) is 34.3 Å². The second-order valence-electron chi connectivity index (χ2n) is 5.31. The zero-order valence-electron chi connectivity index (χ0n) is 12.1. The Morgan fingerprint density at radius 3 is 2.95 bits per heavy atom. The summed E-state index contributed by atoms with van der Waals surface area (Å²) in [5, 5.41) is 12.3. The number of aromatic nitrogens is 1. The molecule has 1 aliphatic heterocycles. The summed E-state index contributed by atoms with van der Waals surface area (Å²) in [6.07, 6.45) is 5.35. The third-order valence-electron chi connectivity index (χ3n) is 4.14. The fraction of sp³-hybridized carbons (Fsp3) is 0.600. The summed E-state index contributed by atoms with van der Waals surface area (Å²) in [5.41, 5.74) is 0.201. The Hall–Kier alpha value is -1.62. The number of hydrogen-bond acceptors (Lipinski definition) is 4. The molecule has 2 rings (SSSR count). The molecule has 0 spiro atoms. The lowest BCUT2D eigenvalue weighted by Gasteiger charge is -2.40. The van der Waals surface area contributed by atoms with Crippen LogP contribution in [0.1, 0.15) is 49.9 Å². The van der Waals surface area contributed by atoms with Crippen molar-refractivity contribution < 1.29 is 14.6 Å². The van der Waals surface area contributed by atoms with Gasteiger partial charge in [0.2, 0.25) is 0 Å². The van der Waals surface area contributed by atoms with Gasteiger partial charge in [0.05, 0.1) is 11.2 Å². The van der Waals surface area contributed by atoms with Crippen LogP contribution in [0.3, 0.4) is 0 Å². The lowest BCUT2D eigenvalue weighted by molar-refractivity contribution is -0.0864. The van der Waals surface area contributed by atoms with Gasteiger partial charge in [-0.1, -0.05) is 13.8 Å². The number of carboxylic acid groups (broad SMARTS) is 1. The quantitative estimate of drug-likeness (QED) is 0.866. The Kier molecular flexibility index (Phi) is 4.60. The Morgan fingerprint density at radius 1 is 1.55 bits per heavy atom. The number of pyridine rings is 1. The molecule has 0 amide bonds. The summed E-state index contributed by atoms with van der Waals surface area (Å²) in [5.74, 6) is -0.309. The third-order valence-corrected chi connectivity index (χ3v) is 4.14. The van der Waals surface area contributed by atoms with Crippen molar-refractivity contribution in [1.29, 1.82) is 0 Å². The topological polar surface area (TPSA) is 71.5 Å². The van der Waals surface area contributed by atoms with Crippen LogP contribution in [0.25, 0.3) is 0 Å². The molecule has 0 saturated carbocycles. The van der Waals surface area contributed by atoms with Gasteiger partial charge in [0.1, 0.15) is 5.82 Å². The average molecular weight is 278 g/mol. The molecule has 1 aromatic heterocycles. The maximum Gasteiger partial charge on any atom is 0.335 e. The van der Waals surface area contributed by atoms with E-state index in [9.17, 15) is 4.79 Å². The fourth-order valence-electron chi connectivity index (χ4n) is 2.75. The highest BCUT2D eigenvalue weighted by atomic mass is 16.5. The lowest BCUT2D eigenvalue weighted by Crippen LogP contribution is -2.43. The number of aromatic carboxylic acids is 1. The first-order chi connectivity index (χ1) is 9.58. The molecule has 5 heteroatoms. The highest BCUT2D eigenvalue weighted by Crippen LogP contribution is 2.32. The molecule has 110 valence electrons. The van der Waals surface area contributed by atoms with E-state index in [2.05, 4.69) is 24.1 Å². The van der Waals surface area contributed by atoms with Crippen LogP contribution < -0.4 is 5.32 Å². The molecule has 1 unspecified atom stereocenters. The highest BCUT2D eigenvalue weighted by molar-refractivity contribution is 5.88. The molecule has 1 atom stereocenters. The second kappa shape index (κ2) is 6.22. The smallest absolute Gasteiger partial charge is 0.335 e. The van der Waals surface area contributed by atoms with Gasteiger partial charge in [-0.25, -0.2) is 9.78 Å². The van der Waals surface area contributed by atoms with Crippen molar-refractivity contribution in [3.63, 3.8) is 0 Å². The molecular formula is C15H22N2O3. The molecule has 0 radical (unpaired) electrons. The van der Waals surface area contributed by atoms with Crippen LogP contribution in [0.2, 0.25) is 0 Å². The number of carboxylic acids is 1. The molecule has 1 fully saturated rings. The minimum Gasteiger partial charge on any atom is -0.478 e. The SMILES string of the molecule is CCC1(CC)CC(Nc2cc(C(=O)O)ccn2)CCO1. The van der Waals surface area contributed by atoms with Gasteiger partial charge in [-0.2, -0.15) is 0 Å². The van der Waals surface area contributed by atoms with E-state index in [0.717, 1.165) is 32.3 Å². The van der Waals surface area contributed by atoms with Crippen LogP contribution >= 0.6 is 0 Å². The monoisotopic (exact) mass is 278 g/mol. The van der Waals surface area contributed by atoms with E-state index in [1.165, 1.54) is 12.3 Å². The van der Waals surface area contributed by atoms with E-state index in [0.29, 0.717) is 5.82 Å². The molecule has 0 aliphatic carbocycles. The first-order valence-electron chi connectivity index (χ1n) is 7.18. The van der Waals surface area contributed by atoms with Gasteiger partial charge in [-0.3, -0.25) is 0 Å². The van der Waals surface area contributed by atoms with Crippen molar-refractivity contribution in [3.8, 4) is 0 Å². The van der Waals surface area contributed by atoms with E-state index in [1.54, 1.807) is 6.07 Å². The summed E-state index contributed by atoms with van der Waals surface area (Å²) >= 11 is 0. The van der Waals surface area contributed by atoms with Crippen LogP contribution in [0, 0.1) is 0 Å². The van der Waals surface area contributed by atoms with Crippen molar-refractivity contribution in [3.05, 3.63) is 23.9 Å². The number of ether oxygens (including phenoxy) is 1. The Balaban J connectivity index is 2.06. The van der Waals surface area contributed by atoms with Crippen molar-refractivity contribution in [2.24, 2.45) is 0 Å². The molecule has 20 heavy (non-hydrogen) atoms. The summed E-state index contributed by atoms with van der Waals surface area (Å²) in [6.45, 7) is 5.03. The molecule has 5 nitrogen and oxygen atoms in total. The minimum atomic E-state index is -0.932. The van der Waals surface area contributed by atoms with E-state index in [1.807, 2.05) is 0 Å². The lowest BCUT2D eigenvalue weighted by atomic mass is 9.86. The van der Waals surface area contributed by atoms with Gasteiger partial charge in [0.25, 0.3) is 0 Å². The van der Waals surface area contributed by atoms with Crippen LogP contribution in [0.4, 0.5) is 5.82 Å². The van der Waals surface area contributed by atoms with Crippen molar-refractivity contribution in [2.75, 3.05) is 11.9 Å². The maximum absolute atomic E-state index is 11.0. The highest BCUT2D eigenvalue weighted by Gasteiger charge is 2.34. The minimum absolute atomic E-state index is 0.0552. The average Bonchev–Trinajstić information content (AvgIpc) is 2.47. The van der Waals surface area contributed by atoms with Crippen LogP contribution in [-0.2, 0) is 4.74 Å². The Labute approximate surface area is 119 Å². The summed E-state index contributed by atoms with van der Waals surface area (Å²) in [6, 6.07) is 3.36. The first kappa shape index (κ1) is 14.8. The normalized spacial score (nSPS) is 21.4. The summed E-state index contributed by atoms with van der Waals surface area (Å²) in [4.78, 5) is 15.2. The molecule has 1 saturated heterocycles. The zero-order chi connectivity index (χ0) is 14.6. The van der Waals surface area contributed by atoms with E-state index in [-0.39, 0.29) is 17.2 Å². The molecular weight excluding hydrogens is 256 g/mol. The second-order valence-corrected chi connectivity index (χ2v) is 5.31. The molecule has 1 aromatic rings. The zero-order valence-corrected chi connectivity index (χ0v) is 12.1. The van der Waals surface area contributed by atoms with Gasteiger partial charge in [0, 0.05) is 18.8 Å². The standard InChI is InChI=1S/C15H22N2O3/c1-3-15(4-2)10-12(6-8-20-15)17-13-9-11(14(18)19)5-7-16-13/h5,7,9,12H,3-4,6,8,10H2,1-2H3,(H,16,17)(H,18,19). The third kappa shape index (κ3) is 3.28. The van der Waals surface area contributed by atoms with Gasteiger partial charge in [0.15, 0.2) is 0 Å². The Bertz CT molecular complexity index is 472. The number of hydrogen-bond donors (Lipinski definition) is 2. The predicted molar refractivity (Wildman–Crippen MR) is 77.1 cm³/mol. The predicted octanol–water partition coefficient (Wildman–Crippen LogP) is 2.93. The number of nitrogens with one attached hydrogen (secondary N) is 1. The van der Waals surface area contributed by atoms with Crippen LogP contribution in [0.5, 0.6) is 0 Å². The van der Waals surface area contributed by atoms with Crippen LogP contribution in [0.15, 0.2) is 18.3 Å². The molecule has 1 aliphatic rings. The van der Waals surface area contributed by atoms with E-state index < -0.39 is 5.97 Å². The molecule has 0 aromatic carbocycles. The number of rotatable bonds is 5. The van der Waals surface area contributed by atoms with Gasteiger partial charge >= 0.3 is 5.97 Å². The summed E-state index contributed by atoms with van der Waals surface area (Å²) in [7, 11) is 0. The molecule has 2 N–H and O–H groups in total. The largest absolute Gasteiger partial charge is 0.478 e. The first-order valence-corrected chi connectivity index (χ1v) is 7.18. The Morgan fingerprint density at radius 2 is 2.30 bits per heavy atom.